The molecule has 0 saturated heterocycles. The van der Waals surface area contributed by atoms with E-state index in [0.29, 0.717) is 5.56 Å². The summed E-state index contributed by atoms with van der Waals surface area (Å²) < 4.78 is 30.5. The highest BCUT2D eigenvalue weighted by atomic mass is 19.3. The smallest absolute Gasteiger partial charge is 0.387 e. The van der Waals surface area contributed by atoms with Crippen molar-refractivity contribution in [1.29, 1.82) is 0 Å². The second-order valence-electron chi connectivity index (χ2n) is 4.21. The molecule has 0 spiro atoms. The summed E-state index contributed by atoms with van der Waals surface area (Å²) in [4.78, 5) is 12.2. The fourth-order valence-electron chi connectivity index (χ4n) is 1.82. The van der Waals surface area contributed by atoms with Crippen molar-refractivity contribution in [3.8, 4) is 5.75 Å². The van der Waals surface area contributed by atoms with Gasteiger partial charge in [-0.05, 0) is 12.1 Å². The molecule has 21 heavy (non-hydrogen) atoms. The summed E-state index contributed by atoms with van der Waals surface area (Å²) in [5.41, 5.74) is 6.17. The van der Waals surface area contributed by atoms with Gasteiger partial charge in [-0.25, -0.2) is 0 Å². The van der Waals surface area contributed by atoms with Gasteiger partial charge in [0, 0.05) is 25.4 Å². The molecule has 8 heteroatoms. The third-order valence-corrected chi connectivity index (χ3v) is 2.70. The van der Waals surface area contributed by atoms with Crippen molar-refractivity contribution in [2.75, 3.05) is 5.32 Å². The zero-order chi connectivity index (χ0) is 15.4. The van der Waals surface area contributed by atoms with Gasteiger partial charge in [0.15, 0.2) is 5.82 Å². The number of hydrogen-bond acceptors (Lipinski definition) is 4. The molecule has 0 bridgehead atoms. The minimum absolute atomic E-state index is 0.00794. The molecule has 1 aromatic carbocycles. The van der Waals surface area contributed by atoms with E-state index in [0.717, 1.165) is 0 Å². The van der Waals surface area contributed by atoms with Gasteiger partial charge in [-0.1, -0.05) is 12.1 Å². The van der Waals surface area contributed by atoms with Crippen molar-refractivity contribution in [3.05, 3.63) is 41.6 Å². The van der Waals surface area contributed by atoms with Crippen molar-refractivity contribution < 1.29 is 18.3 Å². The van der Waals surface area contributed by atoms with Crippen LogP contribution in [0, 0.1) is 0 Å². The molecule has 0 aliphatic rings. The van der Waals surface area contributed by atoms with Gasteiger partial charge in [-0.15, -0.1) is 0 Å². The average molecular weight is 296 g/mol. The van der Waals surface area contributed by atoms with Crippen LogP contribution in [0.1, 0.15) is 15.9 Å². The number of carbonyl (C=O) groups excluding carboxylic acids is 1. The zero-order valence-electron chi connectivity index (χ0n) is 11.2. The molecule has 1 aromatic heterocycles. The van der Waals surface area contributed by atoms with E-state index in [1.807, 2.05) is 0 Å². The van der Waals surface area contributed by atoms with Crippen molar-refractivity contribution in [2.24, 2.45) is 12.8 Å². The largest absolute Gasteiger partial charge is 0.434 e. The number of benzene rings is 1. The molecule has 0 unspecified atom stereocenters. The number of nitrogens with one attached hydrogen (secondary N) is 1. The summed E-state index contributed by atoms with van der Waals surface area (Å²) in [6, 6.07) is 5.73. The molecule has 1 amide bonds. The summed E-state index contributed by atoms with van der Waals surface area (Å²) in [5, 5.41) is 6.59. The van der Waals surface area contributed by atoms with Crippen molar-refractivity contribution in [1.82, 2.24) is 9.78 Å². The molecule has 0 atom stereocenters. The Morgan fingerprint density at radius 3 is 2.86 bits per heavy atom. The molecule has 2 rings (SSSR count). The lowest BCUT2D eigenvalue weighted by Gasteiger charge is -2.10. The molecule has 3 N–H and O–H groups in total. The van der Waals surface area contributed by atoms with Gasteiger partial charge in [0.25, 0.3) is 5.91 Å². The Hall–Kier alpha value is -2.48. The minimum atomic E-state index is -3.01. The van der Waals surface area contributed by atoms with E-state index in [2.05, 4.69) is 15.2 Å². The fraction of sp³-hybridized carbons (Fsp3) is 0.231. The first-order valence-corrected chi connectivity index (χ1v) is 6.09. The summed E-state index contributed by atoms with van der Waals surface area (Å²) in [5.74, 6) is -0.508. The molecule has 6 nitrogen and oxygen atoms in total. The van der Waals surface area contributed by atoms with Crippen LogP contribution >= 0.6 is 0 Å². The number of nitrogens with two attached hydrogens (primary N) is 1. The van der Waals surface area contributed by atoms with E-state index in [9.17, 15) is 13.6 Å². The molecule has 0 saturated carbocycles. The fourth-order valence-corrected chi connectivity index (χ4v) is 1.82. The molecule has 0 radical (unpaired) electrons. The first kappa shape index (κ1) is 14.9. The first-order chi connectivity index (χ1) is 10.0. The number of para-hydroxylation sites is 1. The van der Waals surface area contributed by atoms with Gasteiger partial charge in [0.05, 0.1) is 5.56 Å². The van der Waals surface area contributed by atoms with E-state index in [-0.39, 0.29) is 23.7 Å². The van der Waals surface area contributed by atoms with Crippen molar-refractivity contribution in [2.45, 2.75) is 13.2 Å². The normalized spacial score (nSPS) is 10.7. The summed E-state index contributed by atoms with van der Waals surface area (Å²) in [6.45, 7) is -2.81. The van der Waals surface area contributed by atoms with Gasteiger partial charge in [-0.3, -0.25) is 9.48 Å². The van der Waals surface area contributed by atoms with Crippen LogP contribution in [0.2, 0.25) is 0 Å². The van der Waals surface area contributed by atoms with Gasteiger partial charge >= 0.3 is 6.61 Å². The molecule has 112 valence electrons. The van der Waals surface area contributed by atoms with Crippen LogP contribution < -0.4 is 15.8 Å². The highest BCUT2D eigenvalue weighted by Gasteiger charge is 2.17. The van der Waals surface area contributed by atoms with Crippen LogP contribution in [-0.2, 0) is 13.6 Å². The minimum Gasteiger partial charge on any atom is -0.434 e. The summed E-state index contributed by atoms with van der Waals surface area (Å²) in [7, 11) is 1.68. The molecular formula is C13H14F2N4O2. The lowest BCUT2D eigenvalue weighted by atomic mass is 10.2. The van der Waals surface area contributed by atoms with Crippen molar-refractivity contribution >= 4 is 11.7 Å². The van der Waals surface area contributed by atoms with Gasteiger partial charge < -0.3 is 15.8 Å². The third-order valence-electron chi connectivity index (χ3n) is 2.70. The summed E-state index contributed by atoms with van der Waals surface area (Å²) >= 11 is 0. The first-order valence-electron chi connectivity index (χ1n) is 6.09. The Morgan fingerprint density at radius 2 is 2.19 bits per heavy atom. The average Bonchev–Trinajstić information content (AvgIpc) is 2.78. The number of anilines is 1. The SMILES string of the molecule is Cn1cc(CN)c(NC(=O)c2ccccc2OC(F)F)n1. The van der Waals surface area contributed by atoms with E-state index < -0.39 is 12.5 Å². The number of alkyl halides is 2. The number of hydrogen-bond donors (Lipinski definition) is 2. The highest BCUT2D eigenvalue weighted by Crippen LogP contribution is 2.22. The van der Waals surface area contributed by atoms with Crippen LogP contribution in [0.4, 0.5) is 14.6 Å². The number of nitrogens with zero attached hydrogens (tertiary/aromatic N) is 2. The molecule has 0 aliphatic carbocycles. The van der Waals surface area contributed by atoms with Gasteiger partial charge in [0.1, 0.15) is 5.75 Å². The number of halogens is 2. The molecular weight excluding hydrogens is 282 g/mol. The van der Waals surface area contributed by atoms with E-state index in [1.54, 1.807) is 19.3 Å². The maximum absolute atomic E-state index is 12.3. The van der Waals surface area contributed by atoms with Crippen LogP contribution in [0.3, 0.4) is 0 Å². The number of carbonyl (C=O) groups is 1. The molecule has 1 heterocycles. The standard InChI is InChI=1S/C13H14F2N4O2/c1-19-7-8(6-16)11(18-19)17-12(20)9-4-2-3-5-10(9)21-13(14)15/h2-5,7,13H,6,16H2,1H3,(H,17,18,20). The van der Waals surface area contributed by atoms with E-state index in [4.69, 9.17) is 5.73 Å². The van der Waals surface area contributed by atoms with E-state index >= 15 is 0 Å². The third kappa shape index (κ3) is 3.54. The lowest BCUT2D eigenvalue weighted by Crippen LogP contribution is -2.16. The lowest BCUT2D eigenvalue weighted by molar-refractivity contribution is -0.0501. The Labute approximate surface area is 119 Å². The molecule has 0 fully saturated rings. The number of aryl methyl sites for hydroxylation is 1. The predicted molar refractivity (Wildman–Crippen MR) is 72.1 cm³/mol. The Bertz CT molecular complexity index is 643. The van der Waals surface area contributed by atoms with Gasteiger partial charge in [0.2, 0.25) is 0 Å². The number of aromatic nitrogens is 2. The second-order valence-corrected chi connectivity index (χ2v) is 4.21. The Morgan fingerprint density at radius 1 is 1.48 bits per heavy atom. The number of rotatable bonds is 5. The zero-order valence-corrected chi connectivity index (χ0v) is 11.2. The van der Waals surface area contributed by atoms with Crippen LogP contribution in [0.5, 0.6) is 5.75 Å². The van der Waals surface area contributed by atoms with Crippen LogP contribution in [0.15, 0.2) is 30.5 Å². The predicted octanol–water partition coefficient (Wildman–Crippen LogP) is 1.73. The Balaban J connectivity index is 2.24. The summed E-state index contributed by atoms with van der Waals surface area (Å²) in [6.07, 6.45) is 1.66. The van der Waals surface area contributed by atoms with Crippen LogP contribution in [0.25, 0.3) is 0 Å². The maximum Gasteiger partial charge on any atom is 0.387 e. The maximum atomic E-state index is 12.3. The van der Waals surface area contributed by atoms with E-state index in [1.165, 1.54) is 22.9 Å². The number of ether oxygens (including phenoxy) is 1. The molecule has 0 aliphatic heterocycles. The topological polar surface area (TPSA) is 82.2 Å². The number of amides is 1. The Kier molecular flexibility index (Phi) is 4.49. The monoisotopic (exact) mass is 296 g/mol. The molecule has 2 aromatic rings. The quantitative estimate of drug-likeness (QED) is 0.880. The van der Waals surface area contributed by atoms with Gasteiger partial charge in [-0.2, -0.15) is 13.9 Å². The highest BCUT2D eigenvalue weighted by molar-refractivity contribution is 6.06. The second kappa shape index (κ2) is 6.31. The van der Waals surface area contributed by atoms with Crippen LogP contribution in [-0.4, -0.2) is 22.3 Å². The van der Waals surface area contributed by atoms with Crippen molar-refractivity contribution in [3.63, 3.8) is 0 Å².